The zero-order valence-corrected chi connectivity index (χ0v) is 9.88. The summed E-state index contributed by atoms with van der Waals surface area (Å²) in [5.41, 5.74) is 1.38. The third-order valence-electron chi connectivity index (χ3n) is 4.08. The van der Waals surface area contributed by atoms with Gasteiger partial charge in [-0.05, 0) is 54.7 Å². The Labute approximate surface area is 101 Å². The molecular weight excluding hydrogens is 217 g/mol. The Morgan fingerprint density at radius 1 is 1.29 bits per heavy atom. The van der Waals surface area contributed by atoms with E-state index in [4.69, 9.17) is 0 Å². The van der Waals surface area contributed by atoms with Crippen LogP contribution in [0.15, 0.2) is 18.2 Å². The van der Waals surface area contributed by atoms with Crippen LogP contribution in [0.1, 0.15) is 31.2 Å². The second kappa shape index (κ2) is 3.98. The first kappa shape index (κ1) is 11.0. The summed E-state index contributed by atoms with van der Waals surface area (Å²) in [6, 6.07) is 4.23. The lowest BCUT2D eigenvalue weighted by Gasteiger charge is -2.15. The minimum atomic E-state index is -0.370. The maximum absolute atomic E-state index is 13.1. The number of nitrogens with one attached hydrogen (secondary N) is 1. The Balaban J connectivity index is 1.53. The number of aromatic hydroxyl groups is 1. The number of benzene rings is 1. The van der Waals surface area contributed by atoms with E-state index in [1.807, 2.05) is 0 Å². The van der Waals surface area contributed by atoms with Gasteiger partial charge in [0, 0.05) is 19.2 Å². The van der Waals surface area contributed by atoms with E-state index in [0.29, 0.717) is 12.0 Å². The lowest BCUT2D eigenvalue weighted by molar-refractivity contribution is 0.402. The van der Waals surface area contributed by atoms with Crippen LogP contribution in [0.2, 0.25) is 0 Å². The van der Waals surface area contributed by atoms with Gasteiger partial charge in [-0.3, -0.25) is 0 Å². The summed E-state index contributed by atoms with van der Waals surface area (Å²) in [4.78, 5) is 0. The van der Waals surface area contributed by atoms with Crippen molar-refractivity contribution in [3.63, 3.8) is 0 Å². The summed E-state index contributed by atoms with van der Waals surface area (Å²) in [5, 5.41) is 12.7. The maximum Gasteiger partial charge on any atom is 0.127 e. The molecular formula is C14H18FNO. The van der Waals surface area contributed by atoms with Crippen LogP contribution in [0, 0.1) is 17.2 Å². The van der Waals surface area contributed by atoms with Crippen LogP contribution in [0.5, 0.6) is 5.75 Å². The summed E-state index contributed by atoms with van der Waals surface area (Å²) in [6.07, 6.45) is 5.48. The molecule has 2 fully saturated rings. The Hall–Kier alpha value is -1.09. The van der Waals surface area contributed by atoms with E-state index in [9.17, 15) is 9.50 Å². The van der Waals surface area contributed by atoms with Crippen molar-refractivity contribution in [2.75, 3.05) is 6.54 Å². The van der Waals surface area contributed by atoms with Gasteiger partial charge in [0.25, 0.3) is 0 Å². The molecule has 2 aliphatic rings. The highest BCUT2D eigenvalue weighted by atomic mass is 19.1. The van der Waals surface area contributed by atoms with Crippen molar-refractivity contribution in [2.45, 2.75) is 32.2 Å². The van der Waals surface area contributed by atoms with Crippen LogP contribution in [-0.2, 0) is 6.54 Å². The predicted molar refractivity (Wildman–Crippen MR) is 64.2 cm³/mol. The molecule has 0 radical (unpaired) electrons. The number of phenols is 1. The molecule has 0 spiro atoms. The fraction of sp³-hybridized carbons (Fsp3) is 0.571. The van der Waals surface area contributed by atoms with E-state index in [0.717, 1.165) is 24.1 Å². The molecule has 92 valence electrons. The van der Waals surface area contributed by atoms with Gasteiger partial charge >= 0.3 is 0 Å². The second-order valence-electron chi connectivity index (χ2n) is 5.56. The van der Waals surface area contributed by atoms with Crippen molar-refractivity contribution >= 4 is 0 Å². The van der Waals surface area contributed by atoms with Gasteiger partial charge in [-0.1, -0.05) is 0 Å². The number of phenolic OH excluding ortho intramolecular Hbond substituents is 1. The van der Waals surface area contributed by atoms with E-state index >= 15 is 0 Å². The predicted octanol–water partition coefficient (Wildman–Crippen LogP) is 2.81. The molecule has 0 amide bonds. The summed E-state index contributed by atoms with van der Waals surface area (Å²) in [7, 11) is 0. The molecule has 3 heteroatoms. The Bertz CT molecular complexity index is 404. The van der Waals surface area contributed by atoms with Gasteiger partial charge in [-0.25, -0.2) is 4.39 Å². The lowest BCUT2D eigenvalue weighted by atomic mass is 10.0. The first-order chi connectivity index (χ1) is 8.18. The smallest absolute Gasteiger partial charge is 0.127 e. The van der Waals surface area contributed by atoms with Gasteiger partial charge < -0.3 is 10.4 Å². The normalized spacial score (nSPS) is 21.5. The molecule has 2 aliphatic carbocycles. The molecule has 17 heavy (non-hydrogen) atoms. The summed E-state index contributed by atoms with van der Waals surface area (Å²) >= 11 is 0. The zero-order valence-electron chi connectivity index (χ0n) is 9.88. The first-order valence-corrected chi connectivity index (χ1v) is 6.37. The van der Waals surface area contributed by atoms with Crippen molar-refractivity contribution in [2.24, 2.45) is 11.3 Å². The van der Waals surface area contributed by atoms with E-state index in [1.165, 1.54) is 31.7 Å². The van der Waals surface area contributed by atoms with Crippen molar-refractivity contribution in [1.82, 2.24) is 5.32 Å². The topological polar surface area (TPSA) is 32.3 Å². The van der Waals surface area contributed by atoms with Gasteiger partial charge in [0.1, 0.15) is 11.6 Å². The van der Waals surface area contributed by atoms with Crippen molar-refractivity contribution in [3.8, 4) is 5.75 Å². The monoisotopic (exact) mass is 235 g/mol. The van der Waals surface area contributed by atoms with Crippen LogP contribution in [-0.4, -0.2) is 11.7 Å². The lowest BCUT2D eigenvalue weighted by Crippen LogP contribution is -2.25. The Morgan fingerprint density at radius 2 is 2.06 bits per heavy atom. The number of hydrogen-bond acceptors (Lipinski definition) is 2. The van der Waals surface area contributed by atoms with Crippen LogP contribution >= 0.6 is 0 Å². The van der Waals surface area contributed by atoms with E-state index in [-0.39, 0.29) is 11.6 Å². The molecule has 2 nitrogen and oxygen atoms in total. The minimum absolute atomic E-state index is 0.00475. The highest BCUT2D eigenvalue weighted by Gasteiger charge is 2.53. The second-order valence-corrected chi connectivity index (χ2v) is 5.56. The molecule has 1 aromatic carbocycles. The highest BCUT2D eigenvalue weighted by Crippen LogP contribution is 2.60. The van der Waals surface area contributed by atoms with Gasteiger partial charge in [-0.15, -0.1) is 0 Å². The van der Waals surface area contributed by atoms with E-state index < -0.39 is 0 Å². The summed E-state index contributed by atoms with van der Waals surface area (Å²) in [6.45, 7) is 1.68. The molecule has 0 heterocycles. The highest BCUT2D eigenvalue weighted by molar-refractivity contribution is 5.28. The van der Waals surface area contributed by atoms with Gasteiger partial charge in [-0.2, -0.15) is 0 Å². The number of halogens is 1. The fourth-order valence-corrected chi connectivity index (χ4v) is 2.78. The molecule has 0 aromatic heterocycles. The molecule has 0 saturated heterocycles. The van der Waals surface area contributed by atoms with Gasteiger partial charge in [0.15, 0.2) is 0 Å². The standard InChI is InChI=1S/C14H18FNO/c15-12-5-10(6-13(17)7-12)8-16-9-14(3-4-14)11-1-2-11/h5-7,11,16-17H,1-4,8-9H2. The molecule has 3 rings (SSSR count). The van der Waals surface area contributed by atoms with E-state index in [1.54, 1.807) is 6.07 Å². The third kappa shape index (κ3) is 2.44. The maximum atomic E-state index is 13.1. The Morgan fingerprint density at radius 3 is 2.65 bits per heavy atom. The summed E-state index contributed by atoms with van der Waals surface area (Å²) in [5.74, 6) is 0.575. The van der Waals surface area contributed by atoms with Crippen molar-refractivity contribution in [1.29, 1.82) is 0 Å². The van der Waals surface area contributed by atoms with Crippen LogP contribution in [0.3, 0.4) is 0 Å². The largest absolute Gasteiger partial charge is 0.508 e. The zero-order chi connectivity index (χ0) is 11.9. The van der Waals surface area contributed by atoms with Gasteiger partial charge in [0.05, 0.1) is 0 Å². The SMILES string of the molecule is Oc1cc(F)cc(CNCC2(C3CC3)CC2)c1. The average molecular weight is 235 g/mol. The molecule has 1 aromatic rings. The average Bonchev–Trinajstić information content (AvgIpc) is 3.11. The first-order valence-electron chi connectivity index (χ1n) is 6.37. The minimum Gasteiger partial charge on any atom is -0.508 e. The Kier molecular flexibility index (Phi) is 2.58. The van der Waals surface area contributed by atoms with Crippen LogP contribution < -0.4 is 5.32 Å². The quantitative estimate of drug-likeness (QED) is 0.822. The molecule has 2 saturated carbocycles. The molecule has 0 atom stereocenters. The summed E-state index contributed by atoms with van der Waals surface area (Å²) < 4.78 is 13.1. The van der Waals surface area contributed by atoms with E-state index in [2.05, 4.69) is 5.32 Å². The molecule has 0 bridgehead atoms. The number of rotatable bonds is 5. The molecule has 2 N–H and O–H groups in total. The fourth-order valence-electron chi connectivity index (χ4n) is 2.78. The van der Waals surface area contributed by atoms with Crippen molar-refractivity contribution < 1.29 is 9.50 Å². The van der Waals surface area contributed by atoms with Crippen molar-refractivity contribution in [3.05, 3.63) is 29.6 Å². The van der Waals surface area contributed by atoms with Gasteiger partial charge in [0.2, 0.25) is 0 Å². The number of hydrogen-bond donors (Lipinski definition) is 2. The van der Waals surface area contributed by atoms with Crippen LogP contribution in [0.4, 0.5) is 4.39 Å². The molecule has 0 aliphatic heterocycles. The third-order valence-corrected chi connectivity index (χ3v) is 4.08. The molecule has 0 unspecified atom stereocenters. The van der Waals surface area contributed by atoms with Crippen LogP contribution in [0.25, 0.3) is 0 Å².